The van der Waals surface area contributed by atoms with E-state index in [1.54, 1.807) is 0 Å². The Bertz CT molecular complexity index is 639. The Balaban J connectivity index is 1.82. The first-order valence-electron chi connectivity index (χ1n) is 6.97. The average Bonchev–Trinajstić information content (AvgIpc) is 2.78. The molecule has 3 heteroatoms. The summed E-state index contributed by atoms with van der Waals surface area (Å²) >= 11 is 0. The minimum absolute atomic E-state index is 0.154. The molecule has 20 heavy (non-hydrogen) atoms. The summed E-state index contributed by atoms with van der Waals surface area (Å²) in [5.74, 6) is 2.81. The second kappa shape index (κ2) is 5.16. The highest BCUT2D eigenvalue weighted by Crippen LogP contribution is 2.36. The average molecular weight is 270 g/mol. The smallest absolute Gasteiger partial charge is 0.166 e. The molecule has 1 aromatic carbocycles. The van der Waals surface area contributed by atoms with Crippen molar-refractivity contribution < 1.29 is 13.9 Å². The zero-order valence-electron chi connectivity index (χ0n) is 11.8. The molecular weight excluding hydrogens is 252 g/mol. The number of fused-ring (bicyclic) bond motifs is 1. The molecule has 104 valence electrons. The number of carbonyl (C=O) groups is 1. The molecule has 3 nitrogen and oxygen atoms in total. The van der Waals surface area contributed by atoms with Crippen LogP contribution in [0.15, 0.2) is 34.7 Å². The third-order valence-corrected chi connectivity index (χ3v) is 3.86. The summed E-state index contributed by atoms with van der Waals surface area (Å²) in [6.45, 7) is 4.39. The summed E-state index contributed by atoms with van der Waals surface area (Å²) in [4.78, 5) is 12.5. The first-order valence-corrected chi connectivity index (χ1v) is 6.97. The maximum absolute atomic E-state index is 12.5. The van der Waals surface area contributed by atoms with Crippen molar-refractivity contribution in [3.63, 3.8) is 0 Å². The van der Waals surface area contributed by atoms with Crippen LogP contribution in [-0.4, -0.2) is 12.4 Å². The molecular formula is C17H18O3. The quantitative estimate of drug-likeness (QED) is 0.790. The lowest BCUT2D eigenvalue weighted by Gasteiger charge is -2.25. The fourth-order valence-corrected chi connectivity index (χ4v) is 2.87. The van der Waals surface area contributed by atoms with Gasteiger partial charge in [-0.15, -0.1) is 0 Å². The molecule has 0 N–H and O–H groups in total. The molecule has 0 spiro atoms. The Kier molecular flexibility index (Phi) is 3.35. The number of carbonyl (C=O) groups excluding carboxylic acids is 1. The summed E-state index contributed by atoms with van der Waals surface area (Å²) in [5, 5.41) is 0. The van der Waals surface area contributed by atoms with Crippen LogP contribution in [0.5, 0.6) is 5.75 Å². The number of aryl methyl sites for hydroxylation is 2. The van der Waals surface area contributed by atoms with Crippen molar-refractivity contribution in [3.8, 4) is 5.75 Å². The van der Waals surface area contributed by atoms with E-state index in [4.69, 9.17) is 9.15 Å². The maximum Gasteiger partial charge on any atom is 0.166 e. The minimum Gasteiger partial charge on any atom is -0.493 e. The van der Waals surface area contributed by atoms with Gasteiger partial charge in [-0.1, -0.05) is 18.2 Å². The molecule has 0 fully saturated rings. The van der Waals surface area contributed by atoms with Gasteiger partial charge in [0.05, 0.1) is 12.2 Å². The van der Waals surface area contributed by atoms with E-state index in [1.165, 1.54) is 0 Å². The fourth-order valence-electron chi connectivity index (χ4n) is 2.87. The molecule has 0 amide bonds. The number of benzene rings is 1. The molecule has 0 bridgehead atoms. The van der Waals surface area contributed by atoms with Crippen molar-refractivity contribution in [1.82, 2.24) is 0 Å². The van der Waals surface area contributed by atoms with Gasteiger partial charge in [0.1, 0.15) is 17.3 Å². The van der Waals surface area contributed by atoms with Gasteiger partial charge in [-0.05, 0) is 43.9 Å². The SMILES string of the molecule is Cc1cc(C(=O)CC2CCOc3ccccc32)c(C)o1. The molecule has 0 saturated carbocycles. The largest absolute Gasteiger partial charge is 0.493 e. The summed E-state index contributed by atoms with van der Waals surface area (Å²) < 4.78 is 11.1. The second-order valence-electron chi connectivity index (χ2n) is 5.33. The van der Waals surface area contributed by atoms with E-state index in [0.717, 1.165) is 23.5 Å². The number of ketones is 1. The third kappa shape index (κ3) is 2.36. The summed E-state index contributed by atoms with van der Waals surface area (Å²) in [6.07, 6.45) is 1.40. The van der Waals surface area contributed by atoms with Crippen LogP contribution in [0.2, 0.25) is 0 Å². The van der Waals surface area contributed by atoms with Gasteiger partial charge in [-0.2, -0.15) is 0 Å². The van der Waals surface area contributed by atoms with Crippen LogP contribution < -0.4 is 4.74 Å². The normalized spacial score (nSPS) is 17.4. The van der Waals surface area contributed by atoms with E-state index in [1.807, 2.05) is 38.1 Å². The number of rotatable bonds is 3. The lowest BCUT2D eigenvalue weighted by Crippen LogP contribution is -2.17. The predicted octanol–water partition coefficient (Wildman–Crippen LogP) is 4.04. The van der Waals surface area contributed by atoms with Gasteiger partial charge >= 0.3 is 0 Å². The van der Waals surface area contributed by atoms with Crippen LogP contribution in [0.1, 0.15) is 46.2 Å². The number of Topliss-reactive ketones (excluding diaryl/α,β-unsaturated/α-hetero) is 1. The number of hydrogen-bond acceptors (Lipinski definition) is 3. The highest BCUT2D eigenvalue weighted by Gasteiger charge is 2.25. The fraction of sp³-hybridized carbons (Fsp3) is 0.353. The van der Waals surface area contributed by atoms with E-state index < -0.39 is 0 Å². The highest BCUT2D eigenvalue weighted by atomic mass is 16.5. The molecule has 1 aliphatic rings. The molecule has 0 aliphatic carbocycles. The summed E-state index contributed by atoms with van der Waals surface area (Å²) in [5.41, 5.74) is 1.86. The third-order valence-electron chi connectivity index (χ3n) is 3.86. The summed E-state index contributed by atoms with van der Waals surface area (Å²) in [7, 11) is 0. The van der Waals surface area contributed by atoms with Crippen molar-refractivity contribution >= 4 is 5.78 Å². The zero-order valence-corrected chi connectivity index (χ0v) is 11.8. The van der Waals surface area contributed by atoms with Gasteiger partial charge in [-0.25, -0.2) is 0 Å². The number of para-hydroxylation sites is 1. The molecule has 2 aromatic rings. The van der Waals surface area contributed by atoms with Crippen LogP contribution in [0.4, 0.5) is 0 Å². The highest BCUT2D eigenvalue weighted by molar-refractivity contribution is 5.97. The van der Waals surface area contributed by atoms with Crippen LogP contribution in [-0.2, 0) is 0 Å². The van der Waals surface area contributed by atoms with Crippen LogP contribution in [0, 0.1) is 13.8 Å². The lowest BCUT2D eigenvalue weighted by atomic mass is 9.87. The van der Waals surface area contributed by atoms with Crippen molar-refractivity contribution in [2.75, 3.05) is 6.61 Å². The van der Waals surface area contributed by atoms with Crippen molar-refractivity contribution in [3.05, 3.63) is 53.0 Å². The standard InChI is InChI=1S/C17H18O3/c1-11-9-15(12(2)20-11)16(18)10-13-7-8-19-17-6-4-3-5-14(13)17/h3-6,9,13H,7-8,10H2,1-2H3. The Morgan fingerprint density at radius 3 is 2.85 bits per heavy atom. The van der Waals surface area contributed by atoms with Gasteiger partial charge < -0.3 is 9.15 Å². The summed E-state index contributed by atoms with van der Waals surface area (Å²) in [6, 6.07) is 9.83. The van der Waals surface area contributed by atoms with Crippen molar-refractivity contribution in [2.24, 2.45) is 0 Å². The molecule has 1 aliphatic heterocycles. The monoisotopic (exact) mass is 270 g/mol. The van der Waals surface area contributed by atoms with E-state index >= 15 is 0 Å². The number of hydrogen-bond donors (Lipinski definition) is 0. The molecule has 2 heterocycles. The van der Waals surface area contributed by atoms with E-state index in [9.17, 15) is 4.79 Å². The molecule has 0 radical (unpaired) electrons. The van der Waals surface area contributed by atoms with E-state index in [0.29, 0.717) is 24.4 Å². The van der Waals surface area contributed by atoms with Gasteiger partial charge in [0, 0.05) is 6.42 Å². The van der Waals surface area contributed by atoms with Gasteiger partial charge in [0.15, 0.2) is 5.78 Å². The van der Waals surface area contributed by atoms with Crippen LogP contribution in [0.3, 0.4) is 0 Å². The number of furan rings is 1. The molecule has 0 saturated heterocycles. The van der Waals surface area contributed by atoms with E-state index in [-0.39, 0.29) is 11.7 Å². The van der Waals surface area contributed by atoms with Crippen molar-refractivity contribution in [1.29, 1.82) is 0 Å². The Labute approximate surface area is 118 Å². The van der Waals surface area contributed by atoms with Gasteiger partial charge in [-0.3, -0.25) is 4.79 Å². The van der Waals surface area contributed by atoms with Crippen LogP contribution in [0.25, 0.3) is 0 Å². The topological polar surface area (TPSA) is 39.4 Å². The second-order valence-corrected chi connectivity index (χ2v) is 5.33. The minimum atomic E-state index is 0.154. The number of ether oxygens (including phenoxy) is 1. The van der Waals surface area contributed by atoms with E-state index in [2.05, 4.69) is 6.07 Å². The Morgan fingerprint density at radius 1 is 1.30 bits per heavy atom. The molecule has 1 atom stereocenters. The maximum atomic E-state index is 12.5. The molecule has 3 rings (SSSR count). The lowest BCUT2D eigenvalue weighted by molar-refractivity contribution is 0.0964. The zero-order chi connectivity index (χ0) is 14.1. The van der Waals surface area contributed by atoms with Crippen molar-refractivity contribution in [2.45, 2.75) is 32.6 Å². The molecule has 1 aromatic heterocycles. The first-order chi connectivity index (χ1) is 9.65. The Morgan fingerprint density at radius 2 is 2.10 bits per heavy atom. The van der Waals surface area contributed by atoms with Gasteiger partial charge in [0.2, 0.25) is 0 Å². The van der Waals surface area contributed by atoms with Gasteiger partial charge in [0.25, 0.3) is 0 Å². The van der Waals surface area contributed by atoms with Crippen LogP contribution >= 0.6 is 0 Å². The Hall–Kier alpha value is -2.03. The predicted molar refractivity (Wildman–Crippen MR) is 76.4 cm³/mol. The molecule has 1 unspecified atom stereocenters. The first kappa shape index (κ1) is 13.0.